The van der Waals surface area contributed by atoms with Crippen molar-refractivity contribution in [2.24, 2.45) is 4.99 Å². The van der Waals surface area contributed by atoms with Crippen LogP contribution in [0.25, 0.3) is 0 Å². The highest BCUT2D eigenvalue weighted by molar-refractivity contribution is 5.79. The van der Waals surface area contributed by atoms with E-state index in [-0.39, 0.29) is 5.92 Å². The van der Waals surface area contributed by atoms with Gasteiger partial charge in [0.1, 0.15) is 5.60 Å². The van der Waals surface area contributed by atoms with Crippen LogP contribution in [0.1, 0.15) is 52.5 Å². The summed E-state index contributed by atoms with van der Waals surface area (Å²) in [5, 5.41) is 16.4. The third-order valence-electron chi connectivity index (χ3n) is 2.92. The van der Waals surface area contributed by atoms with Crippen molar-refractivity contribution in [3.05, 3.63) is 18.0 Å². The number of hydrogen-bond acceptors (Lipinski definition) is 5. The first-order chi connectivity index (χ1) is 9.70. The fourth-order valence-electron chi connectivity index (χ4n) is 1.74. The van der Waals surface area contributed by atoms with Gasteiger partial charge in [0.25, 0.3) is 0 Å². The van der Waals surface area contributed by atoms with E-state index in [0.717, 1.165) is 5.56 Å². The van der Waals surface area contributed by atoms with Crippen LogP contribution in [0.15, 0.2) is 17.4 Å². The van der Waals surface area contributed by atoms with Crippen LogP contribution in [-0.4, -0.2) is 45.2 Å². The molecule has 0 aromatic carbocycles. The van der Waals surface area contributed by atoms with E-state index in [9.17, 15) is 9.90 Å². The molecule has 0 saturated carbocycles. The fraction of sp³-hybridized carbons (Fsp3) is 0.667. The van der Waals surface area contributed by atoms with E-state index in [0.29, 0.717) is 6.42 Å². The Kier molecular flexibility index (Phi) is 6.08. The second-order valence-corrected chi connectivity index (χ2v) is 6.22. The highest BCUT2D eigenvalue weighted by Crippen LogP contribution is 2.16. The zero-order valence-electron chi connectivity index (χ0n) is 13.3. The Morgan fingerprint density at radius 1 is 1.52 bits per heavy atom. The molecular formula is C15H25N3O3. The normalized spacial score (nSPS) is 16.7. The molecule has 0 fully saturated rings. The zero-order valence-corrected chi connectivity index (χ0v) is 13.3. The number of ether oxygens (including phenoxy) is 1. The Bertz CT molecular complexity index is 461. The van der Waals surface area contributed by atoms with Gasteiger partial charge in [0.05, 0.1) is 12.3 Å². The Labute approximate surface area is 125 Å². The summed E-state index contributed by atoms with van der Waals surface area (Å²) >= 11 is 0. The predicted octanol–water partition coefficient (Wildman–Crippen LogP) is 2.07. The van der Waals surface area contributed by atoms with E-state index in [2.05, 4.69) is 15.2 Å². The van der Waals surface area contributed by atoms with Gasteiger partial charge in [-0.05, 0) is 45.6 Å². The number of hydrogen-bond donors (Lipinski definition) is 2. The molecule has 21 heavy (non-hydrogen) atoms. The maximum Gasteiger partial charge on any atom is 0.334 e. The molecule has 6 nitrogen and oxygen atoms in total. The summed E-state index contributed by atoms with van der Waals surface area (Å²) in [4.78, 5) is 16.2. The lowest BCUT2D eigenvalue weighted by atomic mass is 10.0. The van der Waals surface area contributed by atoms with Crippen molar-refractivity contribution in [1.29, 1.82) is 0 Å². The van der Waals surface area contributed by atoms with Crippen molar-refractivity contribution >= 4 is 12.2 Å². The predicted molar refractivity (Wildman–Crippen MR) is 81.4 cm³/mol. The van der Waals surface area contributed by atoms with E-state index in [1.807, 2.05) is 13.1 Å². The van der Waals surface area contributed by atoms with Crippen LogP contribution in [0.4, 0.5) is 0 Å². The van der Waals surface area contributed by atoms with Gasteiger partial charge in [0, 0.05) is 12.4 Å². The van der Waals surface area contributed by atoms with Gasteiger partial charge in [-0.25, -0.2) is 4.79 Å². The van der Waals surface area contributed by atoms with Crippen LogP contribution in [0.5, 0.6) is 0 Å². The number of carbonyl (C=O) groups is 1. The first-order valence-electron chi connectivity index (χ1n) is 7.12. The summed E-state index contributed by atoms with van der Waals surface area (Å²) in [7, 11) is 0. The number of aromatic nitrogens is 2. The molecule has 3 unspecified atom stereocenters. The summed E-state index contributed by atoms with van der Waals surface area (Å²) < 4.78 is 5.26. The molecule has 0 bridgehead atoms. The number of aliphatic imine (C=N–C) groups is 1. The standard InChI is InChI=1S/C15H25N3O3/c1-10(12-8-17-18-9-12)6-7-16-13(11(2)19)14(20)21-15(3,4)5/h7-11,13,19H,6H2,1-5H3,(H,17,18). The van der Waals surface area contributed by atoms with Gasteiger partial charge in [0.2, 0.25) is 0 Å². The Balaban J connectivity index is 2.62. The van der Waals surface area contributed by atoms with Crippen molar-refractivity contribution in [1.82, 2.24) is 10.2 Å². The summed E-state index contributed by atoms with van der Waals surface area (Å²) in [6.07, 6.45) is 5.03. The number of nitrogens with one attached hydrogen (secondary N) is 1. The van der Waals surface area contributed by atoms with Crippen LogP contribution in [0.2, 0.25) is 0 Å². The van der Waals surface area contributed by atoms with E-state index in [4.69, 9.17) is 4.74 Å². The van der Waals surface area contributed by atoms with Crippen molar-refractivity contribution in [3.8, 4) is 0 Å². The molecule has 118 valence electrons. The molecule has 0 amide bonds. The molecule has 1 aromatic heterocycles. The van der Waals surface area contributed by atoms with Gasteiger partial charge >= 0.3 is 5.97 Å². The number of aliphatic hydroxyl groups excluding tert-OH is 1. The number of esters is 1. The molecule has 2 N–H and O–H groups in total. The molecule has 1 heterocycles. The number of aromatic amines is 1. The maximum absolute atomic E-state index is 12.0. The lowest BCUT2D eigenvalue weighted by Crippen LogP contribution is -2.37. The molecule has 3 atom stereocenters. The third kappa shape index (κ3) is 6.08. The molecule has 6 heteroatoms. The average molecular weight is 295 g/mol. The maximum atomic E-state index is 12.0. The minimum Gasteiger partial charge on any atom is -0.458 e. The first-order valence-corrected chi connectivity index (χ1v) is 7.12. The lowest BCUT2D eigenvalue weighted by molar-refractivity contribution is -0.158. The lowest BCUT2D eigenvalue weighted by Gasteiger charge is -2.23. The SMILES string of the molecule is CC(CC=NC(C(=O)OC(C)(C)C)C(C)O)c1cn[nH]c1. The smallest absolute Gasteiger partial charge is 0.334 e. The Hall–Kier alpha value is -1.69. The minimum absolute atomic E-state index is 0.237. The fourth-order valence-corrected chi connectivity index (χ4v) is 1.74. The van der Waals surface area contributed by atoms with Gasteiger partial charge < -0.3 is 9.84 Å². The minimum atomic E-state index is -0.889. The molecule has 1 aromatic rings. The molecule has 0 spiro atoms. The van der Waals surface area contributed by atoms with Gasteiger partial charge in [-0.2, -0.15) is 5.10 Å². The topological polar surface area (TPSA) is 87.6 Å². The van der Waals surface area contributed by atoms with E-state index < -0.39 is 23.7 Å². The zero-order chi connectivity index (χ0) is 16.0. The van der Waals surface area contributed by atoms with Gasteiger partial charge in [-0.15, -0.1) is 0 Å². The summed E-state index contributed by atoms with van der Waals surface area (Å²) in [6.45, 7) is 8.94. The van der Waals surface area contributed by atoms with Gasteiger partial charge in [-0.1, -0.05) is 6.92 Å². The molecule has 0 saturated heterocycles. The number of aliphatic hydroxyl groups is 1. The van der Waals surface area contributed by atoms with Crippen LogP contribution in [-0.2, 0) is 9.53 Å². The molecule has 0 radical (unpaired) electrons. The van der Waals surface area contributed by atoms with Crippen molar-refractivity contribution in [2.75, 3.05) is 0 Å². The molecule has 0 aliphatic heterocycles. The second kappa shape index (κ2) is 7.36. The summed E-state index contributed by atoms with van der Waals surface area (Å²) in [5.41, 5.74) is 0.483. The first kappa shape index (κ1) is 17.4. The molecule has 0 aliphatic carbocycles. The third-order valence-corrected chi connectivity index (χ3v) is 2.92. The highest BCUT2D eigenvalue weighted by Gasteiger charge is 2.28. The molecular weight excluding hydrogens is 270 g/mol. The van der Waals surface area contributed by atoms with Gasteiger partial charge in [0.15, 0.2) is 6.04 Å². The summed E-state index contributed by atoms with van der Waals surface area (Å²) in [6, 6.07) is -0.888. The van der Waals surface area contributed by atoms with Crippen molar-refractivity contribution < 1.29 is 14.6 Å². The van der Waals surface area contributed by atoms with Crippen molar-refractivity contribution in [2.45, 2.75) is 64.7 Å². The Morgan fingerprint density at radius 3 is 2.67 bits per heavy atom. The second-order valence-electron chi connectivity index (χ2n) is 6.22. The van der Waals surface area contributed by atoms with Crippen LogP contribution in [0, 0.1) is 0 Å². The monoisotopic (exact) mass is 295 g/mol. The number of H-pyrrole nitrogens is 1. The van der Waals surface area contributed by atoms with Crippen LogP contribution in [0.3, 0.4) is 0 Å². The molecule has 1 rings (SSSR count). The number of nitrogens with zero attached hydrogens (tertiary/aromatic N) is 2. The van der Waals surface area contributed by atoms with E-state index in [1.165, 1.54) is 6.92 Å². The quantitative estimate of drug-likeness (QED) is 0.621. The highest BCUT2D eigenvalue weighted by atomic mass is 16.6. The average Bonchev–Trinajstić information content (AvgIpc) is 2.85. The van der Waals surface area contributed by atoms with Crippen LogP contribution < -0.4 is 0 Å². The number of rotatable bonds is 6. The van der Waals surface area contributed by atoms with E-state index in [1.54, 1.807) is 33.2 Å². The van der Waals surface area contributed by atoms with E-state index >= 15 is 0 Å². The van der Waals surface area contributed by atoms with Crippen molar-refractivity contribution in [3.63, 3.8) is 0 Å². The number of carbonyl (C=O) groups excluding carboxylic acids is 1. The van der Waals surface area contributed by atoms with Crippen LogP contribution >= 0.6 is 0 Å². The molecule has 0 aliphatic rings. The summed E-state index contributed by atoms with van der Waals surface area (Å²) in [5.74, 6) is -0.273. The largest absolute Gasteiger partial charge is 0.458 e. The Morgan fingerprint density at radius 2 is 2.19 bits per heavy atom. The van der Waals surface area contributed by atoms with Gasteiger partial charge in [-0.3, -0.25) is 10.1 Å².